The first-order chi connectivity index (χ1) is 6.35. The van der Waals surface area contributed by atoms with Crippen molar-refractivity contribution < 1.29 is 8.42 Å². The predicted octanol–water partition coefficient (Wildman–Crippen LogP) is 1.67. The molecule has 0 aliphatic rings. The number of halogens is 1. The van der Waals surface area contributed by atoms with Crippen molar-refractivity contribution in [1.82, 2.24) is 4.72 Å². The Labute approximate surface area is 103 Å². The zero-order valence-electron chi connectivity index (χ0n) is 8.36. The molecule has 3 N–H and O–H groups in total. The van der Waals surface area contributed by atoms with Crippen molar-refractivity contribution in [3.63, 3.8) is 0 Å². The Balaban J connectivity index is 3.74. The summed E-state index contributed by atoms with van der Waals surface area (Å²) in [6, 6.07) is 0. The topological polar surface area (TPSA) is 72.2 Å². The summed E-state index contributed by atoms with van der Waals surface area (Å²) in [7, 11) is -1.78. The summed E-state index contributed by atoms with van der Waals surface area (Å²) >= 11 is 2.25. The van der Waals surface area contributed by atoms with E-state index in [1.807, 2.05) is 0 Å². The van der Waals surface area contributed by atoms with Gasteiger partial charge < -0.3 is 0 Å². The maximum Gasteiger partial charge on any atom is 0.274 e. The van der Waals surface area contributed by atoms with E-state index in [0.717, 1.165) is 12.8 Å². The summed E-state index contributed by atoms with van der Waals surface area (Å²) in [6.45, 7) is 4.74. The minimum Gasteiger partial charge on any atom is -0.216 e. The monoisotopic (exact) mass is 352 g/mol. The van der Waals surface area contributed by atoms with Crippen LogP contribution in [0.1, 0.15) is 26.7 Å². The Hall–Kier alpha value is 0.950. The molecule has 14 heavy (non-hydrogen) atoms. The molecular weight excluding hydrogens is 335 g/mol. The summed E-state index contributed by atoms with van der Waals surface area (Å²) in [5.41, 5.74) is 0. The fraction of sp³-hybridized carbons (Fsp3) is 1.00. The Morgan fingerprint density at radius 2 is 2.07 bits per heavy atom. The van der Waals surface area contributed by atoms with Gasteiger partial charge in [-0.2, -0.15) is 8.42 Å². The van der Waals surface area contributed by atoms with E-state index >= 15 is 0 Å². The summed E-state index contributed by atoms with van der Waals surface area (Å²) in [4.78, 5) is 0. The van der Waals surface area contributed by atoms with Crippen LogP contribution in [-0.2, 0) is 10.2 Å². The lowest BCUT2D eigenvalue weighted by Crippen LogP contribution is -2.32. The third-order valence-electron chi connectivity index (χ3n) is 1.63. The number of rotatable bonds is 7. The molecule has 0 aromatic carbocycles. The second-order valence-electron chi connectivity index (χ2n) is 3.57. The third kappa shape index (κ3) is 9.50. The highest BCUT2D eigenvalue weighted by atomic mass is 127. The van der Waals surface area contributed by atoms with Crippen LogP contribution in [0.4, 0.5) is 0 Å². The van der Waals surface area contributed by atoms with Crippen LogP contribution in [0, 0.1) is 5.92 Å². The van der Waals surface area contributed by atoms with Crippen LogP contribution >= 0.6 is 30.1 Å². The molecule has 0 saturated heterocycles. The second kappa shape index (κ2) is 7.26. The van der Waals surface area contributed by atoms with Gasteiger partial charge in [-0.3, -0.25) is 0 Å². The molecule has 1 atom stereocenters. The van der Waals surface area contributed by atoms with E-state index in [4.69, 9.17) is 5.14 Å². The van der Waals surface area contributed by atoms with Gasteiger partial charge in [-0.1, -0.05) is 22.8 Å². The maximum atomic E-state index is 10.6. The van der Waals surface area contributed by atoms with E-state index in [2.05, 4.69) is 39.8 Å². The molecule has 0 aliphatic heterocycles. The van der Waals surface area contributed by atoms with E-state index in [1.54, 1.807) is 8.93 Å². The first-order valence-electron chi connectivity index (χ1n) is 4.40. The molecule has 0 aromatic heterocycles. The van der Waals surface area contributed by atoms with Crippen molar-refractivity contribution >= 4 is 40.3 Å². The van der Waals surface area contributed by atoms with E-state index < -0.39 is 10.2 Å². The van der Waals surface area contributed by atoms with Gasteiger partial charge in [0, 0.05) is 11.8 Å². The molecule has 0 radical (unpaired) electrons. The smallest absolute Gasteiger partial charge is 0.216 e. The van der Waals surface area contributed by atoms with Crippen LogP contribution in [0.15, 0.2) is 0 Å². The molecule has 0 saturated carbocycles. The largest absolute Gasteiger partial charge is 0.274 e. The van der Waals surface area contributed by atoms with Crippen LogP contribution in [-0.4, -0.2) is 20.2 Å². The molecule has 0 fully saturated rings. The second-order valence-corrected chi connectivity index (χ2v) is 7.32. The summed E-state index contributed by atoms with van der Waals surface area (Å²) in [5.74, 6) is 0.636. The fourth-order valence-corrected chi connectivity index (χ4v) is 3.54. The van der Waals surface area contributed by atoms with Gasteiger partial charge in [0.2, 0.25) is 0 Å². The number of hydrogen-bond acceptors (Lipinski definition) is 3. The lowest BCUT2D eigenvalue weighted by Gasteiger charge is -2.15. The molecular formula is C7H17IN2O2S2. The van der Waals surface area contributed by atoms with Gasteiger partial charge in [-0.25, -0.2) is 9.86 Å². The van der Waals surface area contributed by atoms with Crippen molar-refractivity contribution in [3.8, 4) is 0 Å². The van der Waals surface area contributed by atoms with E-state index in [9.17, 15) is 8.42 Å². The molecule has 86 valence electrons. The maximum absolute atomic E-state index is 10.6. The molecule has 1 unspecified atom stereocenters. The molecule has 0 aliphatic carbocycles. The number of nitrogens with two attached hydrogens (primary N) is 1. The summed E-state index contributed by atoms with van der Waals surface area (Å²) in [5, 5.41) is 5.31. The third-order valence-corrected chi connectivity index (χ3v) is 5.07. The van der Waals surface area contributed by atoms with Crippen LogP contribution in [0.5, 0.6) is 0 Å². The molecule has 0 amide bonds. The Kier molecular flexibility index (Phi) is 7.75. The molecule has 0 rings (SSSR count). The summed E-state index contributed by atoms with van der Waals surface area (Å²) in [6.07, 6.45) is 1.92. The zero-order valence-corrected chi connectivity index (χ0v) is 12.2. The predicted molar refractivity (Wildman–Crippen MR) is 70.6 cm³/mol. The summed E-state index contributed by atoms with van der Waals surface area (Å²) < 4.78 is 23.5. The lowest BCUT2D eigenvalue weighted by molar-refractivity contribution is 0.542. The Bertz CT molecular complexity index is 244. The highest BCUT2D eigenvalue weighted by Gasteiger charge is 2.11. The quantitative estimate of drug-likeness (QED) is 0.685. The Morgan fingerprint density at radius 3 is 2.43 bits per heavy atom. The number of hydrogen-bond donors (Lipinski definition) is 2. The molecule has 7 heteroatoms. The van der Waals surface area contributed by atoms with Gasteiger partial charge in [-0.05, 0) is 40.0 Å². The first kappa shape index (κ1) is 14.9. The van der Waals surface area contributed by atoms with E-state index in [1.165, 1.54) is 0 Å². The minimum absolute atomic E-state index is 0.423. The zero-order chi connectivity index (χ0) is 11.2. The first-order valence-corrected chi connectivity index (χ1v) is 9.36. The average Bonchev–Trinajstić information content (AvgIpc) is 1.99. The van der Waals surface area contributed by atoms with Gasteiger partial charge in [0.15, 0.2) is 0 Å². The van der Waals surface area contributed by atoms with Crippen LogP contribution in [0.25, 0.3) is 0 Å². The van der Waals surface area contributed by atoms with Crippen molar-refractivity contribution in [3.05, 3.63) is 0 Å². The SMILES string of the molecule is CC(C)CC(CCNS(N)(=O)=O)SI. The van der Waals surface area contributed by atoms with Gasteiger partial charge in [0.1, 0.15) is 0 Å². The average molecular weight is 352 g/mol. The van der Waals surface area contributed by atoms with Crippen LogP contribution in [0.2, 0.25) is 0 Å². The normalized spacial score (nSPS) is 14.6. The molecule has 0 aromatic rings. The van der Waals surface area contributed by atoms with Crippen molar-refractivity contribution in [2.24, 2.45) is 11.1 Å². The highest BCUT2D eigenvalue weighted by molar-refractivity contribution is 14.2. The minimum atomic E-state index is -3.52. The number of nitrogens with one attached hydrogen (secondary N) is 1. The fourth-order valence-electron chi connectivity index (χ4n) is 1.09. The van der Waals surface area contributed by atoms with Crippen LogP contribution in [0.3, 0.4) is 0 Å². The van der Waals surface area contributed by atoms with E-state index in [0.29, 0.717) is 17.7 Å². The van der Waals surface area contributed by atoms with Crippen molar-refractivity contribution in [2.75, 3.05) is 6.54 Å². The van der Waals surface area contributed by atoms with Gasteiger partial charge in [0.05, 0.1) is 0 Å². The standard InChI is InChI=1S/C7H17IN2O2S2/c1-6(2)5-7(13-8)3-4-10-14(9,11)12/h6-7,10H,3-5H2,1-2H3,(H2,9,11,12). The van der Waals surface area contributed by atoms with Crippen LogP contribution < -0.4 is 9.86 Å². The molecule has 0 heterocycles. The molecule has 0 bridgehead atoms. The highest BCUT2D eigenvalue weighted by Crippen LogP contribution is 2.27. The van der Waals surface area contributed by atoms with E-state index in [-0.39, 0.29) is 0 Å². The van der Waals surface area contributed by atoms with Crippen molar-refractivity contribution in [1.29, 1.82) is 0 Å². The van der Waals surface area contributed by atoms with Gasteiger partial charge in [-0.15, -0.1) is 0 Å². The van der Waals surface area contributed by atoms with Gasteiger partial charge >= 0.3 is 0 Å². The molecule has 0 spiro atoms. The molecule has 4 nitrogen and oxygen atoms in total. The Morgan fingerprint density at radius 1 is 1.50 bits per heavy atom. The van der Waals surface area contributed by atoms with Gasteiger partial charge in [0.25, 0.3) is 10.2 Å². The van der Waals surface area contributed by atoms with Crippen molar-refractivity contribution in [2.45, 2.75) is 31.9 Å². The lowest BCUT2D eigenvalue weighted by atomic mass is 10.1.